The fraction of sp³-hybridized carbons (Fsp3) is 0.571. The number of hydrogen-bond donors (Lipinski definition) is 0. The first-order valence-corrected chi connectivity index (χ1v) is 6.77. The molecular weight excluding hydrogens is 226 g/mol. The van der Waals surface area contributed by atoms with E-state index < -0.39 is 0 Å². The molecule has 0 radical (unpaired) electrons. The normalized spacial score (nSPS) is 14.9. The second-order valence-corrected chi connectivity index (χ2v) is 4.55. The molecule has 2 heterocycles. The molecule has 98 valence electrons. The largest absolute Gasteiger partial charge is 0.356 e. The molecule has 0 unspecified atom stereocenters. The summed E-state index contributed by atoms with van der Waals surface area (Å²) in [5.74, 6) is 0.946. The summed E-state index contributed by atoms with van der Waals surface area (Å²) in [5, 5.41) is 0. The Balaban J connectivity index is 2.29. The Morgan fingerprint density at radius 1 is 1.33 bits per heavy atom. The summed E-state index contributed by atoms with van der Waals surface area (Å²) < 4.78 is 0. The molecule has 1 aliphatic heterocycles. The average molecular weight is 247 g/mol. The van der Waals surface area contributed by atoms with Crippen molar-refractivity contribution in [1.29, 1.82) is 0 Å². The van der Waals surface area contributed by atoms with Crippen LogP contribution in [0.5, 0.6) is 0 Å². The third kappa shape index (κ3) is 2.47. The van der Waals surface area contributed by atoms with E-state index in [2.05, 4.69) is 9.88 Å². The van der Waals surface area contributed by atoms with Gasteiger partial charge in [-0.25, -0.2) is 4.98 Å². The fourth-order valence-electron chi connectivity index (χ4n) is 2.43. The van der Waals surface area contributed by atoms with Crippen molar-refractivity contribution in [3.63, 3.8) is 0 Å². The highest BCUT2D eigenvalue weighted by molar-refractivity contribution is 5.98. The van der Waals surface area contributed by atoms with Crippen LogP contribution >= 0.6 is 0 Å². The first-order valence-electron chi connectivity index (χ1n) is 6.77. The van der Waals surface area contributed by atoms with Crippen LogP contribution in [-0.4, -0.2) is 42.0 Å². The number of nitrogens with zero attached hydrogens (tertiary/aromatic N) is 3. The molecule has 0 N–H and O–H groups in total. The number of carbonyl (C=O) groups excluding carboxylic acids is 1. The maximum atomic E-state index is 12.4. The summed E-state index contributed by atoms with van der Waals surface area (Å²) >= 11 is 0. The maximum absolute atomic E-state index is 12.4. The van der Waals surface area contributed by atoms with E-state index in [9.17, 15) is 4.79 Å². The predicted molar refractivity (Wildman–Crippen MR) is 72.9 cm³/mol. The zero-order valence-electron chi connectivity index (χ0n) is 11.2. The lowest BCUT2D eigenvalue weighted by Crippen LogP contribution is -2.32. The average Bonchev–Trinajstić information content (AvgIpc) is 2.94. The Hall–Kier alpha value is -1.58. The zero-order valence-corrected chi connectivity index (χ0v) is 11.2. The lowest BCUT2D eigenvalue weighted by Gasteiger charge is -2.23. The molecule has 0 saturated carbocycles. The molecule has 0 aliphatic carbocycles. The summed E-state index contributed by atoms with van der Waals surface area (Å²) in [6, 6.07) is 3.73. The van der Waals surface area contributed by atoms with Crippen molar-refractivity contribution in [3.05, 3.63) is 23.9 Å². The standard InChI is InChI=1S/C14H21N3O/c1-3-16(4-2)14(18)12-8-7-9-15-13(12)17-10-5-6-11-17/h7-9H,3-6,10-11H2,1-2H3. The number of carbonyl (C=O) groups is 1. The molecule has 0 atom stereocenters. The number of anilines is 1. The zero-order chi connectivity index (χ0) is 13.0. The number of aromatic nitrogens is 1. The van der Waals surface area contributed by atoms with Crippen molar-refractivity contribution < 1.29 is 4.79 Å². The van der Waals surface area contributed by atoms with Crippen LogP contribution in [0.4, 0.5) is 5.82 Å². The van der Waals surface area contributed by atoms with Crippen molar-refractivity contribution in [3.8, 4) is 0 Å². The first kappa shape index (κ1) is 12.9. The van der Waals surface area contributed by atoms with Crippen LogP contribution in [0.2, 0.25) is 0 Å². The summed E-state index contributed by atoms with van der Waals surface area (Å²) in [6.07, 6.45) is 4.15. The van der Waals surface area contributed by atoms with Gasteiger partial charge in [-0.2, -0.15) is 0 Å². The van der Waals surface area contributed by atoms with Crippen molar-refractivity contribution in [2.24, 2.45) is 0 Å². The Morgan fingerprint density at radius 3 is 2.61 bits per heavy atom. The highest BCUT2D eigenvalue weighted by Crippen LogP contribution is 2.23. The van der Waals surface area contributed by atoms with Crippen molar-refractivity contribution in [2.75, 3.05) is 31.1 Å². The summed E-state index contributed by atoms with van der Waals surface area (Å²) in [4.78, 5) is 20.9. The molecule has 18 heavy (non-hydrogen) atoms. The topological polar surface area (TPSA) is 36.4 Å². The van der Waals surface area contributed by atoms with E-state index in [1.165, 1.54) is 12.8 Å². The summed E-state index contributed by atoms with van der Waals surface area (Å²) in [5.41, 5.74) is 0.739. The van der Waals surface area contributed by atoms with Gasteiger partial charge in [-0.1, -0.05) is 0 Å². The number of rotatable bonds is 4. The minimum Gasteiger partial charge on any atom is -0.356 e. The van der Waals surface area contributed by atoms with Gasteiger partial charge in [0.2, 0.25) is 0 Å². The quantitative estimate of drug-likeness (QED) is 0.818. The molecule has 1 aliphatic rings. The van der Waals surface area contributed by atoms with E-state index in [1.54, 1.807) is 6.20 Å². The third-order valence-corrected chi connectivity index (χ3v) is 3.47. The Morgan fingerprint density at radius 2 is 2.00 bits per heavy atom. The van der Waals surface area contributed by atoms with Crippen molar-refractivity contribution in [2.45, 2.75) is 26.7 Å². The molecule has 2 rings (SSSR count). The van der Waals surface area contributed by atoms with Gasteiger partial charge < -0.3 is 9.80 Å². The molecule has 1 aromatic heterocycles. The first-order chi connectivity index (χ1) is 8.77. The van der Waals surface area contributed by atoms with Gasteiger partial charge in [0.1, 0.15) is 5.82 Å². The van der Waals surface area contributed by atoms with Gasteiger partial charge >= 0.3 is 0 Å². The van der Waals surface area contributed by atoms with E-state index in [1.807, 2.05) is 30.9 Å². The molecule has 4 nitrogen and oxygen atoms in total. The minimum atomic E-state index is 0.0926. The fourth-order valence-corrected chi connectivity index (χ4v) is 2.43. The molecule has 0 aromatic carbocycles. The lowest BCUT2D eigenvalue weighted by molar-refractivity contribution is 0.0773. The molecule has 1 fully saturated rings. The number of pyridine rings is 1. The van der Waals surface area contributed by atoms with Crippen LogP contribution in [0.3, 0.4) is 0 Å². The molecule has 1 saturated heterocycles. The van der Waals surface area contributed by atoms with Gasteiger partial charge in [0.05, 0.1) is 5.56 Å². The second-order valence-electron chi connectivity index (χ2n) is 4.55. The van der Waals surface area contributed by atoms with Crippen LogP contribution in [0, 0.1) is 0 Å². The van der Waals surface area contributed by atoms with Gasteiger partial charge in [0.15, 0.2) is 0 Å². The van der Waals surface area contributed by atoms with E-state index in [0.29, 0.717) is 0 Å². The van der Waals surface area contributed by atoms with Crippen molar-refractivity contribution in [1.82, 2.24) is 9.88 Å². The summed E-state index contributed by atoms with van der Waals surface area (Å²) in [7, 11) is 0. The van der Waals surface area contributed by atoms with E-state index in [4.69, 9.17) is 0 Å². The second kappa shape index (κ2) is 5.85. The van der Waals surface area contributed by atoms with Crippen LogP contribution in [0.1, 0.15) is 37.0 Å². The summed E-state index contributed by atoms with van der Waals surface area (Å²) in [6.45, 7) is 7.51. The Kier molecular flexibility index (Phi) is 4.18. The smallest absolute Gasteiger partial charge is 0.257 e. The number of amides is 1. The minimum absolute atomic E-state index is 0.0926. The predicted octanol–water partition coefficient (Wildman–Crippen LogP) is 2.16. The molecule has 0 spiro atoms. The van der Waals surface area contributed by atoms with E-state index in [-0.39, 0.29) is 5.91 Å². The number of hydrogen-bond acceptors (Lipinski definition) is 3. The van der Waals surface area contributed by atoms with Crippen LogP contribution in [-0.2, 0) is 0 Å². The highest BCUT2D eigenvalue weighted by atomic mass is 16.2. The molecule has 1 amide bonds. The monoisotopic (exact) mass is 247 g/mol. The molecule has 1 aromatic rings. The Bertz CT molecular complexity index is 409. The van der Waals surface area contributed by atoms with Crippen molar-refractivity contribution >= 4 is 11.7 Å². The highest BCUT2D eigenvalue weighted by Gasteiger charge is 2.22. The van der Waals surface area contributed by atoms with E-state index >= 15 is 0 Å². The van der Waals surface area contributed by atoms with Gasteiger partial charge in [-0.15, -0.1) is 0 Å². The van der Waals surface area contributed by atoms with Gasteiger partial charge in [0, 0.05) is 32.4 Å². The molecular formula is C14H21N3O. The van der Waals surface area contributed by atoms with Crippen LogP contribution in [0.25, 0.3) is 0 Å². The maximum Gasteiger partial charge on any atom is 0.257 e. The van der Waals surface area contributed by atoms with E-state index in [0.717, 1.165) is 37.6 Å². The SMILES string of the molecule is CCN(CC)C(=O)c1cccnc1N1CCCC1. The van der Waals surface area contributed by atoms with Gasteiger partial charge in [-0.05, 0) is 38.8 Å². The van der Waals surface area contributed by atoms with Gasteiger partial charge in [0.25, 0.3) is 5.91 Å². The molecule has 4 heteroatoms. The lowest BCUT2D eigenvalue weighted by atomic mass is 10.2. The third-order valence-electron chi connectivity index (χ3n) is 3.47. The van der Waals surface area contributed by atoms with Crippen LogP contribution < -0.4 is 4.90 Å². The van der Waals surface area contributed by atoms with Crippen LogP contribution in [0.15, 0.2) is 18.3 Å². The van der Waals surface area contributed by atoms with Gasteiger partial charge in [-0.3, -0.25) is 4.79 Å². The Labute approximate surface area is 109 Å². The molecule has 0 bridgehead atoms.